The summed E-state index contributed by atoms with van der Waals surface area (Å²) in [5.74, 6) is 0.459. The molecule has 3 heterocycles. The highest BCUT2D eigenvalue weighted by Crippen LogP contribution is 2.12. The predicted octanol–water partition coefficient (Wildman–Crippen LogP) is 0.928. The molecule has 1 fully saturated rings. The lowest BCUT2D eigenvalue weighted by Gasteiger charge is -2.36. The summed E-state index contributed by atoms with van der Waals surface area (Å²) in [5.41, 5.74) is 0.261. The van der Waals surface area contributed by atoms with Gasteiger partial charge in [-0.25, -0.2) is 19.4 Å². The Labute approximate surface area is 152 Å². The molecule has 26 heavy (non-hydrogen) atoms. The maximum absolute atomic E-state index is 12.8. The van der Waals surface area contributed by atoms with Crippen LogP contribution in [-0.4, -0.2) is 73.2 Å². The monoisotopic (exact) mass is 357 g/mol. The molecule has 2 aromatic heterocycles. The van der Waals surface area contributed by atoms with Gasteiger partial charge in [-0.3, -0.25) is 4.79 Å². The standard InChI is InChI=1S/C17H23N7O2/c1-17(2,3)21-16(26)23-8-6-22(7-9-23)15(25)13-4-5-19-14(10-13)24-12-18-11-20-24/h4-5,10-12H,6-9H2,1-3H3,(H,21,26). The number of amides is 3. The van der Waals surface area contributed by atoms with Gasteiger partial charge in [-0.2, -0.15) is 5.10 Å². The lowest BCUT2D eigenvalue weighted by Crippen LogP contribution is -2.56. The lowest BCUT2D eigenvalue weighted by atomic mass is 10.1. The Bertz CT molecular complexity index is 775. The molecule has 0 spiro atoms. The van der Waals surface area contributed by atoms with Gasteiger partial charge in [0.2, 0.25) is 0 Å². The number of nitrogens with zero attached hydrogens (tertiary/aromatic N) is 6. The summed E-state index contributed by atoms with van der Waals surface area (Å²) in [6.07, 6.45) is 4.53. The van der Waals surface area contributed by atoms with Crippen LogP contribution >= 0.6 is 0 Å². The third-order valence-corrected chi connectivity index (χ3v) is 3.98. The number of urea groups is 1. The van der Waals surface area contributed by atoms with Gasteiger partial charge in [0, 0.05) is 43.5 Å². The largest absolute Gasteiger partial charge is 0.335 e. The average Bonchev–Trinajstić information content (AvgIpc) is 3.14. The molecular formula is C17H23N7O2. The van der Waals surface area contributed by atoms with Crippen molar-refractivity contribution in [2.45, 2.75) is 26.3 Å². The van der Waals surface area contributed by atoms with Crippen molar-refractivity contribution in [1.29, 1.82) is 0 Å². The van der Waals surface area contributed by atoms with E-state index in [0.29, 0.717) is 37.6 Å². The maximum Gasteiger partial charge on any atom is 0.317 e. The van der Waals surface area contributed by atoms with Crippen LogP contribution in [0.25, 0.3) is 5.82 Å². The molecule has 2 aromatic rings. The van der Waals surface area contributed by atoms with Crippen LogP contribution in [0.15, 0.2) is 31.0 Å². The van der Waals surface area contributed by atoms with E-state index < -0.39 is 0 Å². The second-order valence-electron chi connectivity index (χ2n) is 7.20. The predicted molar refractivity (Wildman–Crippen MR) is 94.9 cm³/mol. The summed E-state index contributed by atoms with van der Waals surface area (Å²) in [5, 5.41) is 6.97. The number of aromatic nitrogens is 4. The molecule has 0 unspecified atom stereocenters. The number of rotatable bonds is 2. The first-order valence-corrected chi connectivity index (χ1v) is 8.51. The maximum atomic E-state index is 12.8. The summed E-state index contributed by atoms with van der Waals surface area (Å²) in [7, 11) is 0. The van der Waals surface area contributed by atoms with Gasteiger partial charge in [-0.05, 0) is 32.9 Å². The molecule has 1 saturated heterocycles. The molecule has 0 aliphatic carbocycles. The molecule has 0 saturated carbocycles. The highest BCUT2D eigenvalue weighted by atomic mass is 16.2. The molecule has 9 heteroatoms. The second kappa shape index (κ2) is 7.11. The van der Waals surface area contributed by atoms with E-state index in [1.807, 2.05) is 20.8 Å². The third kappa shape index (κ3) is 4.16. The molecular weight excluding hydrogens is 334 g/mol. The number of nitrogens with one attached hydrogen (secondary N) is 1. The quantitative estimate of drug-likeness (QED) is 0.862. The van der Waals surface area contributed by atoms with Crippen molar-refractivity contribution in [2.75, 3.05) is 26.2 Å². The van der Waals surface area contributed by atoms with Crippen molar-refractivity contribution in [1.82, 2.24) is 34.9 Å². The molecule has 0 bridgehead atoms. The average molecular weight is 357 g/mol. The van der Waals surface area contributed by atoms with Crippen LogP contribution < -0.4 is 5.32 Å². The summed E-state index contributed by atoms with van der Waals surface area (Å²) in [4.78, 5) is 36.6. The Morgan fingerprint density at radius 2 is 1.81 bits per heavy atom. The fraction of sp³-hybridized carbons (Fsp3) is 0.471. The van der Waals surface area contributed by atoms with E-state index in [9.17, 15) is 9.59 Å². The molecule has 9 nitrogen and oxygen atoms in total. The molecule has 0 atom stereocenters. The highest BCUT2D eigenvalue weighted by Gasteiger charge is 2.26. The highest BCUT2D eigenvalue weighted by molar-refractivity contribution is 5.94. The van der Waals surface area contributed by atoms with Crippen molar-refractivity contribution in [3.05, 3.63) is 36.5 Å². The van der Waals surface area contributed by atoms with Gasteiger partial charge in [0.15, 0.2) is 5.82 Å². The smallest absolute Gasteiger partial charge is 0.317 e. The molecule has 1 aliphatic heterocycles. The van der Waals surface area contributed by atoms with Crippen molar-refractivity contribution >= 4 is 11.9 Å². The van der Waals surface area contributed by atoms with E-state index in [2.05, 4.69) is 20.4 Å². The van der Waals surface area contributed by atoms with E-state index in [4.69, 9.17) is 0 Å². The Hall–Kier alpha value is -2.97. The van der Waals surface area contributed by atoms with Crippen LogP contribution in [0.4, 0.5) is 4.79 Å². The minimum atomic E-state index is -0.279. The first-order valence-electron chi connectivity index (χ1n) is 8.51. The van der Waals surface area contributed by atoms with Crippen LogP contribution in [0.3, 0.4) is 0 Å². The van der Waals surface area contributed by atoms with E-state index in [1.165, 1.54) is 17.3 Å². The Morgan fingerprint density at radius 1 is 1.12 bits per heavy atom. The lowest BCUT2D eigenvalue weighted by molar-refractivity contribution is 0.0661. The van der Waals surface area contributed by atoms with Crippen molar-refractivity contribution < 1.29 is 9.59 Å². The Balaban J connectivity index is 1.62. The second-order valence-corrected chi connectivity index (χ2v) is 7.20. The molecule has 3 amide bonds. The van der Waals surface area contributed by atoms with Crippen LogP contribution in [0.1, 0.15) is 31.1 Å². The van der Waals surface area contributed by atoms with Gasteiger partial charge in [-0.15, -0.1) is 0 Å². The fourth-order valence-electron chi connectivity index (χ4n) is 2.70. The van der Waals surface area contributed by atoms with Gasteiger partial charge in [0.25, 0.3) is 5.91 Å². The number of carbonyl (C=O) groups excluding carboxylic acids is 2. The fourth-order valence-corrected chi connectivity index (χ4v) is 2.70. The molecule has 0 radical (unpaired) electrons. The summed E-state index contributed by atoms with van der Waals surface area (Å²) >= 11 is 0. The van der Waals surface area contributed by atoms with E-state index in [1.54, 1.807) is 28.1 Å². The Morgan fingerprint density at radius 3 is 2.42 bits per heavy atom. The van der Waals surface area contributed by atoms with Crippen molar-refractivity contribution in [3.8, 4) is 5.82 Å². The number of hydrogen-bond donors (Lipinski definition) is 1. The zero-order valence-corrected chi connectivity index (χ0v) is 15.2. The third-order valence-electron chi connectivity index (χ3n) is 3.98. The zero-order chi connectivity index (χ0) is 18.7. The Kier molecular flexibility index (Phi) is 4.88. The first-order chi connectivity index (χ1) is 12.3. The zero-order valence-electron chi connectivity index (χ0n) is 15.2. The van der Waals surface area contributed by atoms with Crippen LogP contribution in [0, 0.1) is 0 Å². The number of piperazine rings is 1. The summed E-state index contributed by atoms with van der Waals surface area (Å²) < 4.78 is 1.51. The van der Waals surface area contributed by atoms with Gasteiger partial charge in [0.1, 0.15) is 12.7 Å². The molecule has 138 valence electrons. The number of pyridine rings is 1. The normalized spacial score (nSPS) is 15.0. The number of carbonyl (C=O) groups is 2. The van der Waals surface area contributed by atoms with E-state index in [0.717, 1.165) is 0 Å². The molecule has 0 aromatic carbocycles. The van der Waals surface area contributed by atoms with E-state index in [-0.39, 0.29) is 17.5 Å². The first kappa shape index (κ1) is 17.8. The topological polar surface area (TPSA) is 96.2 Å². The molecule has 1 aliphatic rings. The van der Waals surface area contributed by atoms with Crippen molar-refractivity contribution in [3.63, 3.8) is 0 Å². The SMILES string of the molecule is CC(C)(C)NC(=O)N1CCN(C(=O)c2ccnc(-n3cncn3)c2)CC1. The molecule has 3 rings (SSSR count). The van der Waals surface area contributed by atoms with Gasteiger partial charge >= 0.3 is 6.03 Å². The number of hydrogen-bond acceptors (Lipinski definition) is 5. The summed E-state index contributed by atoms with van der Waals surface area (Å²) in [6.45, 7) is 7.85. The van der Waals surface area contributed by atoms with Crippen molar-refractivity contribution in [2.24, 2.45) is 0 Å². The van der Waals surface area contributed by atoms with Gasteiger partial charge in [-0.1, -0.05) is 0 Å². The van der Waals surface area contributed by atoms with Crippen LogP contribution in [0.5, 0.6) is 0 Å². The van der Waals surface area contributed by atoms with Gasteiger partial charge in [0.05, 0.1) is 0 Å². The molecule has 1 N–H and O–H groups in total. The summed E-state index contributed by atoms with van der Waals surface area (Å²) in [6, 6.07) is 3.28. The van der Waals surface area contributed by atoms with Gasteiger partial charge < -0.3 is 15.1 Å². The van der Waals surface area contributed by atoms with E-state index >= 15 is 0 Å². The minimum Gasteiger partial charge on any atom is -0.335 e. The minimum absolute atomic E-state index is 0.0790. The van der Waals surface area contributed by atoms with Crippen LogP contribution in [-0.2, 0) is 0 Å². The van der Waals surface area contributed by atoms with Crippen LogP contribution in [0.2, 0.25) is 0 Å².